The van der Waals surface area contributed by atoms with Gasteiger partial charge in [0, 0.05) is 16.4 Å². The summed E-state index contributed by atoms with van der Waals surface area (Å²) in [7, 11) is 0. The Bertz CT molecular complexity index is 740. The van der Waals surface area contributed by atoms with Crippen molar-refractivity contribution in [2.24, 2.45) is 0 Å². The highest BCUT2D eigenvalue weighted by atomic mass is 35.5. The first kappa shape index (κ1) is 13.7. The van der Waals surface area contributed by atoms with Crippen LogP contribution in [-0.4, -0.2) is 4.57 Å². The molecule has 5 heteroatoms. The van der Waals surface area contributed by atoms with E-state index in [-0.39, 0.29) is 11.1 Å². The highest BCUT2D eigenvalue weighted by Gasteiger charge is 2.16. The summed E-state index contributed by atoms with van der Waals surface area (Å²) in [5, 5.41) is 10.1. The van der Waals surface area contributed by atoms with Gasteiger partial charge in [0.15, 0.2) is 0 Å². The fourth-order valence-electron chi connectivity index (χ4n) is 1.94. The van der Waals surface area contributed by atoms with E-state index in [1.165, 1.54) is 4.57 Å². The van der Waals surface area contributed by atoms with Crippen LogP contribution >= 0.6 is 23.2 Å². The summed E-state index contributed by atoms with van der Waals surface area (Å²) >= 11 is 12.0. The Balaban J connectivity index is 2.85. The molecule has 3 nitrogen and oxygen atoms in total. The number of halogens is 2. The molecule has 0 N–H and O–H groups in total. The Kier molecular flexibility index (Phi) is 3.66. The van der Waals surface area contributed by atoms with Gasteiger partial charge in [-0.1, -0.05) is 23.2 Å². The molecule has 1 heterocycles. The van der Waals surface area contributed by atoms with Gasteiger partial charge in [0.05, 0.1) is 5.02 Å². The van der Waals surface area contributed by atoms with E-state index in [2.05, 4.69) is 0 Å². The zero-order valence-corrected chi connectivity index (χ0v) is 11.9. The normalized spacial score (nSPS) is 10.3. The molecule has 0 bridgehead atoms. The number of nitriles is 1. The first-order valence-electron chi connectivity index (χ1n) is 5.55. The minimum absolute atomic E-state index is 0.0607. The van der Waals surface area contributed by atoms with Crippen LogP contribution in [0.5, 0.6) is 0 Å². The topological polar surface area (TPSA) is 45.8 Å². The fraction of sp³-hybridized carbons (Fsp3) is 0.143. The molecular weight excluding hydrogens is 283 g/mol. The standard InChI is InChI=1S/C14H10Cl2N2O/c1-8-12(7-17)14(19)18(9(2)13(8)16)11-5-3-10(15)4-6-11/h3-6H,1-2H3. The molecule has 0 amide bonds. The molecule has 0 aliphatic heterocycles. The second-order valence-electron chi connectivity index (χ2n) is 4.13. The van der Waals surface area contributed by atoms with Crippen molar-refractivity contribution in [3.8, 4) is 11.8 Å². The summed E-state index contributed by atoms with van der Waals surface area (Å²) in [5.74, 6) is 0. The minimum Gasteiger partial charge on any atom is -0.279 e. The number of hydrogen-bond acceptors (Lipinski definition) is 2. The molecule has 0 saturated carbocycles. The quantitative estimate of drug-likeness (QED) is 0.806. The molecule has 0 fully saturated rings. The lowest BCUT2D eigenvalue weighted by Gasteiger charge is -2.14. The highest BCUT2D eigenvalue weighted by molar-refractivity contribution is 6.32. The van der Waals surface area contributed by atoms with E-state index in [4.69, 9.17) is 28.5 Å². The first-order valence-corrected chi connectivity index (χ1v) is 6.30. The van der Waals surface area contributed by atoms with Crippen molar-refractivity contribution in [2.45, 2.75) is 13.8 Å². The lowest BCUT2D eigenvalue weighted by atomic mass is 10.1. The molecule has 2 aromatic rings. The van der Waals surface area contributed by atoms with E-state index >= 15 is 0 Å². The average Bonchev–Trinajstić information content (AvgIpc) is 2.39. The Labute approximate surface area is 120 Å². The lowest BCUT2D eigenvalue weighted by Crippen LogP contribution is -2.24. The summed E-state index contributed by atoms with van der Waals surface area (Å²) in [6, 6.07) is 8.70. The van der Waals surface area contributed by atoms with E-state index < -0.39 is 0 Å². The number of aromatic nitrogens is 1. The molecule has 0 aliphatic carbocycles. The minimum atomic E-state index is -0.371. The summed E-state index contributed by atoms with van der Waals surface area (Å²) in [4.78, 5) is 12.3. The molecule has 0 aliphatic rings. The van der Waals surface area contributed by atoms with Gasteiger partial charge in [-0.15, -0.1) is 0 Å². The fourth-order valence-corrected chi connectivity index (χ4v) is 2.24. The predicted octanol–water partition coefficient (Wildman–Crippen LogP) is 3.63. The van der Waals surface area contributed by atoms with Gasteiger partial charge in [0.25, 0.3) is 5.56 Å². The van der Waals surface area contributed by atoms with Gasteiger partial charge in [-0.25, -0.2) is 0 Å². The van der Waals surface area contributed by atoms with Gasteiger partial charge >= 0.3 is 0 Å². The van der Waals surface area contributed by atoms with Crippen molar-refractivity contribution in [1.29, 1.82) is 5.26 Å². The number of benzene rings is 1. The van der Waals surface area contributed by atoms with E-state index in [9.17, 15) is 4.79 Å². The monoisotopic (exact) mass is 292 g/mol. The number of rotatable bonds is 1. The van der Waals surface area contributed by atoms with E-state index in [0.29, 0.717) is 27.0 Å². The molecule has 0 atom stereocenters. The summed E-state index contributed by atoms with van der Waals surface area (Å²) in [5.41, 5.74) is 1.43. The molecule has 0 radical (unpaired) electrons. The van der Waals surface area contributed by atoms with Gasteiger partial charge in [0.2, 0.25) is 0 Å². The van der Waals surface area contributed by atoms with Crippen LogP contribution in [0.1, 0.15) is 16.8 Å². The molecule has 0 saturated heterocycles. The van der Waals surface area contributed by atoms with Crippen LogP contribution < -0.4 is 5.56 Å². The van der Waals surface area contributed by atoms with Crippen LogP contribution in [-0.2, 0) is 0 Å². The Morgan fingerprint density at radius 1 is 1.16 bits per heavy atom. The van der Waals surface area contributed by atoms with Crippen LogP contribution in [0, 0.1) is 25.2 Å². The predicted molar refractivity (Wildman–Crippen MR) is 76.2 cm³/mol. The van der Waals surface area contributed by atoms with Crippen LogP contribution in [0.15, 0.2) is 29.1 Å². The molecule has 1 aromatic heterocycles. The van der Waals surface area contributed by atoms with Crippen LogP contribution in [0.3, 0.4) is 0 Å². The number of pyridine rings is 1. The molecule has 1 aromatic carbocycles. The second kappa shape index (κ2) is 5.08. The Morgan fingerprint density at radius 3 is 2.26 bits per heavy atom. The average molecular weight is 293 g/mol. The Hall–Kier alpha value is -1.76. The van der Waals surface area contributed by atoms with Crippen molar-refractivity contribution in [3.63, 3.8) is 0 Å². The van der Waals surface area contributed by atoms with Crippen molar-refractivity contribution in [2.75, 3.05) is 0 Å². The van der Waals surface area contributed by atoms with E-state index in [1.807, 2.05) is 6.07 Å². The molecular formula is C14H10Cl2N2O. The van der Waals surface area contributed by atoms with Gasteiger partial charge < -0.3 is 0 Å². The lowest BCUT2D eigenvalue weighted by molar-refractivity contribution is 0.920. The Morgan fingerprint density at radius 2 is 1.74 bits per heavy atom. The van der Waals surface area contributed by atoms with Crippen molar-refractivity contribution in [3.05, 3.63) is 61.5 Å². The summed E-state index contributed by atoms with van der Waals surface area (Å²) < 4.78 is 1.42. The van der Waals surface area contributed by atoms with Gasteiger partial charge in [-0.2, -0.15) is 5.26 Å². The first-order chi connectivity index (χ1) is 8.97. The third-order valence-corrected chi connectivity index (χ3v) is 3.78. The molecule has 19 heavy (non-hydrogen) atoms. The van der Waals surface area contributed by atoms with Gasteiger partial charge in [-0.3, -0.25) is 9.36 Å². The number of nitrogens with zero attached hydrogens (tertiary/aromatic N) is 2. The third kappa shape index (κ3) is 2.25. The van der Waals surface area contributed by atoms with Gasteiger partial charge in [0.1, 0.15) is 11.6 Å². The van der Waals surface area contributed by atoms with Crippen LogP contribution in [0.2, 0.25) is 10.0 Å². The van der Waals surface area contributed by atoms with Crippen molar-refractivity contribution >= 4 is 23.2 Å². The maximum Gasteiger partial charge on any atom is 0.273 e. The zero-order valence-electron chi connectivity index (χ0n) is 10.4. The highest BCUT2D eigenvalue weighted by Crippen LogP contribution is 2.23. The maximum atomic E-state index is 12.3. The van der Waals surface area contributed by atoms with E-state index in [1.54, 1.807) is 38.1 Å². The number of hydrogen-bond donors (Lipinski definition) is 0. The van der Waals surface area contributed by atoms with Crippen molar-refractivity contribution in [1.82, 2.24) is 4.57 Å². The molecule has 96 valence electrons. The largest absolute Gasteiger partial charge is 0.279 e. The molecule has 0 unspecified atom stereocenters. The van der Waals surface area contributed by atoms with Crippen LogP contribution in [0.25, 0.3) is 5.69 Å². The van der Waals surface area contributed by atoms with Gasteiger partial charge in [-0.05, 0) is 43.7 Å². The SMILES string of the molecule is Cc1c(Cl)c(C)n(-c2ccc(Cl)cc2)c(=O)c1C#N. The summed E-state index contributed by atoms with van der Waals surface area (Å²) in [6.45, 7) is 3.41. The smallest absolute Gasteiger partial charge is 0.273 e. The van der Waals surface area contributed by atoms with E-state index in [0.717, 1.165) is 0 Å². The zero-order chi connectivity index (χ0) is 14.2. The molecule has 2 rings (SSSR count). The maximum absolute atomic E-state index is 12.3. The molecule has 0 spiro atoms. The van der Waals surface area contributed by atoms with Crippen LogP contribution in [0.4, 0.5) is 0 Å². The summed E-state index contributed by atoms with van der Waals surface area (Å²) in [6.07, 6.45) is 0. The second-order valence-corrected chi connectivity index (χ2v) is 4.94. The third-order valence-electron chi connectivity index (χ3n) is 2.97. The van der Waals surface area contributed by atoms with Crippen molar-refractivity contribution < 1.29 is 0 Å².